The fraction of sp³-hybridized carbons (Fsp3) is 0.368. The second-order valence-corrected chi connectivity index (χ2v) is 5.52. The van der Waals surface area contributed by atoms with Crippen LogP contribution in [0.5, 0.6) is 5.75 Å². The summed E-state index contributed by atoms with van der Waals surface area (Å²) in [5, 5.41) is 3.67. The number of aryl methyl sites for hydroxylation is 2. The van der Waals surface area contributed by atoms with E-state index in [2.05, 4.69) is 62.5 Å². The van der Waals surface area contributed by atoms with Crippen molar-refractivity contribution in [2.75, 3.05) is 13.7 Å². The lowest BCUT2D eigenvalue weighted by atomic mass is 9.93. The van der Waals surface area contributed by atoms with E-state index in [1.807, 2.05) is 6.07 Å². The largest absolute Gasteiger partial charge is 0.497 e. The zero-order valence-electron chi connectivity index (χ0n) is 13.4. The molecule has 2 aromatic rings. The predicted octanol–water partition coefficient (Wildman–Crippen LogP) is 4.40. The van der Waals surface area contributed by atoms with Gasteiger partial charge in [0.25, 0.3) is 0 Å². The Kier molecular flexibility index (Phi) is 5.40. The molecule has 0 radical (unpaired) electrons. The minimum atomic E-state index is 0.208. The highest BCUT2D eigenvalue weighted by atomic mass is 16.5. The monoisotopic (exact) mass is 283 g/mol. The molecule has 0 bridgehead atoms. The van der Waals surface area contributed by atoms with Gasteiger partial charge >= 0.3 is 0 Å². The average Bonchev–Trinajstić information content (AvgIpc) is 2.51. The molecule has 2 nitrogen and oxygen atoms in total. The number of hydrogen-bond donors (Lipinski definition) is 1. The van der Waals surface area contributed by atoms with Crippen molar-refractivity contribution in [2.24, 2.45) is 0 Å². The molecule has 0 amide bonds. The van der Waals surface area contributed by atoms with E-state index in [1.54, 1.807) is 7.11 Å². The summed E-state index contributed by atoms with van der Waals surface area (Å²) >= 11 is 0. The summed E-state index contributed by atoms with van der Waals surface area (Å²) in [5.74, 6) is 0.904. The fourth-order valence-electron chi connectivity index (χ4n) is 2.59. The van der Waals surface area contributed by atoms with Crippen molar-refractivity contribution < 1.29 is 4.74 Å². The second kappa shape index (κ2) is 7.28. The maximum atomic E-state index is 5.37. The molecule has 0 aliphatic rings. The molecular formula is C19H25NO. The van der Waals surface area contributed by atoms with Gasteiger partial charge in [0.05, 0.1) is 13.2 Å². The molecule has 1 unspecified atom stereocenters. The first-order valence-corrected chi connectivity index (χ1v) is 7.60. The normalized spacial score (nSPS) is 12.2. The summed E-state index contributed by atoms with van der Waals surface area (Å²) in [6, 6.07) is 15.2. The molecule has 0 heterocycles. The van der Waals surface area contributed by atoms with Crippen LogP contribution >= 0.6 is 0 Å². The summed E-state index contributed by atoms with van der Waals surface area (Å²) in [7, 11) is 1.71. The number of nitrogens with one attached hydrogen (secondary N) is 1. The van der Waals surface area contributed by atoms with Gasteiger partial charge < -0.3 is 10.1 Å². The van der Waals surface area contributed by atoms with Crippen LogP contribution in [0.15, 0.2) is 42.5 Å². The van der Waals surface area contributed by atoms with Crippen LogP contribution in [0, 0.1) is 13.8 Å². The lowest BCUT2D eigenvalue weighted by Crippen LogP contribution is -2.24. The van der Waals surface area contributed by atoms with Crippen molar-refractivity contribution in [3.8, 4) is 5.75 Å². The van der Waals surface area contributed by atoms with E-state index in [-0.39, 0.29) is 6.04 Å². The Morgan fingerprint density at radius 3 is 2.62 bits per heavy atom. The topological polar surface area (TPSA) is 21.3 Å². The SMILES string of the molecule is CCCNC(c1cccc(OC)c1)c1cc(C)ccc1C. The Hall–Kier alpha value is -1.80. The molecule has 2 heteroatoms. The highest BCUT2D eigenvalue weighted by Gasteiger charge is 2.16. The quantitative estimate of drug-likeness (QED) is 0.848. The lowest BCUT2D eigenvalue weighted by Gasteiger charge is -2.22. The number of rotatable bonds is 6. The van der Waals surface area contributed by atoms with Gasteiger partial charge in [0, 0.05) is 0 Å². The van der Waals surface area contributed by atoms with Gasteiger partial charge in [0.1, 0.15) is 5.75 Å². The van der Waals surface area contributed by atoms with Crippen molar-refractivity contribution in [3.63, 3.8) is 0 Å². The van der Waals surface area contributed by atoms with E-state index < -0.39 is 0 Å². The zero-order valence-corrected chi connectivity index (χ0v) is 13.4. The van der Waals surface area contributed by atoms with Gasteiger partial charge in [-0.2, -0.15) is 0 Å². The van der Waals surface area contributed by atoms with Crippen LogP contribution in [0.2, 0.25) is 0 Å². The van der Waals surface area contributed by atoms with Crippen LogP contribution in [0.25, 0.3) is 0 Å². The molecule has 0 spiro atoms. The van der Waals surface area contributed by atoms with Gasteiger partial charge in [-0.05, 0) is 55.6 Å². The first-order valence-electron chi connectivity index (χ1n) is 7.60. The third kappa shape index (κ3) is 3.85. The minimum Gasteiger partial charge on any atom is -0.497 e. The third-order valence-corrected chi connectivity index (χ3v) is 3.77. The molecule has 112 valence electrons. The van der Waals surface area contributed by atoms with E-state index in [0.717, 1.165) is 18.7 Å². The van der Waals surface area contributed by atoms with Gasteiger partial charge in [-0.25, -0.2) is 0 Å². The minimum absolute atomic E-state index is 0.208. The molecule has 0 aromatic heterocycles. The van der Waals surface area contributed by atoms with Crippen LogP contribution in [0.3, 0.4) is 0 Å². The van der Waals surface area contributed by atoms with E-state index in [1.165, 1.54) is 22.3 Å². The van der Waals surface area contributed by atoms with E-state index in [4.69, 9.17) is 4.74 Å². The number of methoxy groups -OCH3 is 1. The zero-order chi connectivity index (χ0) is 15.2. The summed E-state index contributed by atoms with van der Waals surface area (Å²) in [5.41, 5.74) is 5.20. The van der Waals surface area contributed by atoms with Crippen molar-refractivity contribution in [3.05, 3.63) is 64.7 Å². The van der Waals surface area contributed by atoms with Gasteiger partial charge in [-0.15, -0.1) is 0 Å². The van der Waals surface area contributed by atoms with Crippen molar-refractivity contribution in [2.45, 2.75) is 33.2 Å². The molecular weight excluding hydrogens is 258 g/mol. The van der Waals surface area contributed by atoms with Crippen LogP contribution in [0.4, 0.5) is 0 Å². The highest BCUT2D eigenvalue weighted by molar-refractivity contribution is 5.41. The molecule has 0 saturated carbocycles. The van der Waals surface area contributed by atoms with Crippen LogP contribution in [-0.2, 0) is 0 Å². The number of benzene rings is 2. The van der Waals surface area contributed by atoms with Crippen molar-refractivity contribution >= 4 is 0 Å². The Balaban J connectivity index is 2.44. The maximum Gasteiger partial charge on any atom is 0.119 e. The van der Waals surface area contributed by atoms with E-state index in [9.17, 15) is 0 Å². The first-order chi connectivity index (χ1) is 10.2. The fourth-order valence-corrected chi connectivity index (χ4v) is 2.59. The third-order valence-electron chi connectivity index (χ3n) is 3.77. The number of ether oxygens (including phenoxy) is 1. The Morgan fingerprint density at radius 1 is 1.10 bits per heavy atom. The van der Waals surface area contributed by atoms with Gasteiger partial charge in [0.2, 0.25) is 0 Å². The summed E-state index contributed by atoms with van der Waals surface area (Å²) in [4.78, 5) is 0. The van der Waals surface area contributed by atoms with Gasteiger partial charge in [-0.3, -0.25) is 0 Å². The molecule has 2 rings (SSSR count). The predicted molar refractivity (Wildman–Crippen MR) is 89.0 cm³/mol. The van der Waals surface area contributed by atoms with Gasteiger partial charge in [-0.1, -0.05) is 42.8 Å². The summed E-state index contributed by atoms with van der Waals surface area (Å²) < 4.78 is 5.37. The Labute approximate surface area is 128 Å². The van der Waals surface area contributed by atoms with Crippen LogP contribution in [-0.4, -0.2) is 13.7 Å². The smallest absolute Gasteiger partial charge is 0.119 e. The van der Waals surface area contributed by atoms with Crippen molar-refractivity contribution in [1.29, 1.82) is 0 Å². The summed E-state index contributed by atoms with van der Waals surface area (Å²) in [6.45, 7) is 7.51. The molecule has 1 N–H and O–H groups in total. The maximum absolute atomic E-state index is 5.37. The molecule has 0 saturated heterocycles. The number of hydrogen-bond acceptors (Lipinski definition) is 2. The first kappa shape index (κ1) is 15.6. The Morgan fingerprint density at radius 2 is 1.90 bits per heavy atom. The highest BCUT2D eigenvalue weighted by Crippen LogP contribution is 2.28. The van der Waals surface area contributed by atoms with Crippen LogP contribution in [0.1, 0.15) is 41.6 Å². The molecule has 21 heavy (non-hydrogen) atoms. The van der Waals surface area contributed by atoms with Gasteiger partial charge in [0.15, 0.2) is 0 Å². The second-order valence-electron chi connectivity index (χ2n) is 5.52. The average molecular weight is 283 g/mol. The van der Waals surface area contributed by atoms with Crippen LogP contribution < -0.4 is 10.1 Å². The van der Waals surface area contributed by atoms with E-state index in [0.29, 0.717) is 0 Å². The molecule has 0 fully saturated rings. The Bertz CT molecular complexity index is 592. The standard InChI is InChI=1S/C19H25NO/c1-5-11-20-19(16-7-6-8-17(13-16)21-4)18-12-14(2)9-10-15(18)3/h6-10,12-13,19-20H,5,11H2,1-4H3. The molecule has 2 aromatic carbocycles. The lowest BCUT2D eigenvalue weighted by molar-refractivity contribution is 0.413. The molecule has 0 aliphatic carbocycles. The molecule has 1 atom stereocenters. The van der Waals surface area contributed by atoms with Crippen molar-refractivity contribution in [1.82, 2.24) is 5.32 Å². The van der Waals surface area contributed by atoms with E-state index >= 15 is 0 Å². The molecule has 0 aliphatic heterocycles. The summed E-state index contributed by atoms with van der Waals surface area (Å²) in [6.07, 6.45) is 1.12.